The molecule has 3 rings (SSSR count). The molecule has 8 heteroatoms. The molecule has 0 bridgehead atoms. The van der Waals surface area contributed by atoms with E-state index in [2.05, 4.69) is 5.32 Å². The van der Waals surface area contributed by atoms with Gasteiger partial charge in [0, 0.05) is 25.0 Å². The summed E-state index contributed by atoms with van der Waals surface area (Å²) in [5.41, 5.74) is 7.34. The third-order valence-corrected chi connectivity index (χ3v) is 4.71. The van der Waals surface area contributed by atoms with Crippen molar-refractivity contribution in [3.63, 3.8) is 0 Å². The van der Waals surface area contributed by atoms with Gasteiger partial charge < -0.3 is 15.8 Å². The van der Waals surface area contributed by atoms with Crippen molar-refractivity contribution in [2.75, 3.05) is 32.1 Å². The molecule has 0 spiro atoms. The van der Waals surface area contributed by atoms with E-state index in [0.29, 0.717) is 18.8 Å². The fraction of sp³-hybridized carbons (Fsp3) is 0.316. The van der Waals surface area contributed by atoms with E-state index in [-0.39, 0.29) is 35.8 Å². The summed E-state index contributed by atoms with van der Waals surface area (Å²) in [6.07, 6.45) is 0. The Morgan fingerprint density at radius 2 is 2.04 bits per heavy atom. The standard InChI is InChI=1S/C19H22N4O4/c1-27-14-7-8-17(18(9-14)23(25)26)21-19(24)12-22-10-15(16(20)11-22)13-5-3-2-4-6-13/h2-9,15-16H,10-12,20H2,1H3,(H,21,24)/t15-,16+/m0/s1. The average molecular weight is 370 g/mol. The van der Waals surface area contributed by atoms with Gasteiger partial charge in [0.2, 0.25) is 5.91 Å². The lowest BCUT2D eigenvalue weighted by Crippen LogP contribution is -2.33. The Hall–Kier alpha value is -2.97. The molecular formula is C19H22N4O4. The van der Waals surface area contributed by atoms with E-state index in [1.54, 1.807) is 6.07 Å². The van der Waals surface area contributed by atoms with E-state index >= 15 is 0 Å². The maximum absolute atomic E-state index is 12.4. The van der Waals surface area contributed by atoms with Crippen molar-refractivity contribution < 1.29 is 14.5 Å². The Labute approximate surface area is 157 Å². The van der Waals surface area contributed by atoms with E-state index < -0.39 is 4.92 Å². The largest absolute Gasteiger partial charge is 0.496 e. The lowest BCUT2D eigenvalue weighted by atomic mass is 9.95. The monoisotopic (exact) mass is 370 g/mol. The Balaban J connectivity index is 1.64. The molecule has 1 heterocycles. The number of rotatable bonds is 6. The van der Waals surface area contributed by atoms with Gasteiger partial charge in [-0.1, -0.05) is 30.3 Å². The first-order valence-electron chi connectivity index (χ1n) is 8.63. The molecule has 0 aliphatic carbocycles. The van der Waals surface area contributed by atoms with Gasteiger partial charge in [0.15, 0.2) is 0 Å². The van der Waals surface area contributed by atoms with Crippen LogP contribution in [0.3, 0.4) is 0 Å². The highest BCUT2D eigenvalue weighted by Gasteiger charge is 2.32. The number of nitrogens with zero attached hydrogens (tertiary/aromatic N) is 2. The molecule has 27 heavy (non-hydrogen) atoms. The molecular weight excluding hydrogens is 348 g/mol. The number of hydrogen-bond acceptors (Lipinski definition) is 6. The van der Waals surface area contributed by atoms with Crippen LogP contribution in [0.4, 0.5) is 11.4 Å². The van der Waals surface area contributed by atoms with Crippen LogP contribution in [0.25, 0.3) is 0 Å². The minimum atomic E-state index is -0.546. The van der Waals surface area contributed by atoms with Crippen LogP contribution in [-0.4, -0.2) is 48.5 Å². The number of ether oxygens (including phenoxy) is 1. The van der Waals surface area contributed by atoms with Crippen molar-refractivity contribution in [3.05, 3.63) is 64.2 Å². The summed E-state index contributed by atoms with van der Waals surface area (Å²) in [5.74, 6) is 0.203. The minimum Gasteiger partial charge on any atom is -0.496 e. The second kappa shape index (κ2) is 8.15. The first-order valence-corrected chi connectivity index (χ1v) is 8.63. The van der Waals surface area contributed by atoms with Crippen molar-refractivity contribution in [3.8, 4) is 5.75 Å². The molecule has 0 unspecified atom stereocenters. The summed E-state index contributed by atoms with van der Waals surface area (Å²) in [7, 11) is 1.43. The highest BCUT2D eigenvalue weighted by molar-refractivity contribution is 5.94. The van der Waals surface area contributed by atoms with Gasteiger partial charge in [-0.2, -0.15) is 0 Å². The smallest absolute Gasteiger partial charge is 0.296 e. The number of nitro benzene ring substituents is 1. The molecule has 8 nitrogen and oxygen atoms in total. The number of hydrogen-bond donors (Lipinski definition) is 2. The molecule has 1 amide bonds. The van der Waals surface area contributed by atoms with E-state index in [1.807, 2.05) is 35.2 Å². The number of carbonyl (C=O) groups excluding carboxylic acids is 1. The number of carbonyl (C=O) groups is 1. The SMILES string of the molecule is COc1ccc(NC(=O)CN2C[C@@H](N)[C@H](c3ccccc3)C2)c([N+](=O)[O-])c1. The minimum absolute atomic E-state index is 0.0597. The van der Waals surface area contributed by atoms with Gasteiger partial charge in [-0.3, -0.25) is 19.8 Å². The molecule has 1 aliphatic heterocycles. The van der Waals surface area contributed by atoms with E-state index in [4.69, 9.17) is 10.5 Å². The van der Waals surface area contributed by atoms with Crippen LogP contribution in [-0.2, 0) is 4.79 Å². The van der Waals surface area contributed by atoms with Gasteiger partial charge in [0.25, 0.3) is 5.69 Å². The van der Waals surface area contributed by atoms with E-state index in [0.717, 1.165) is 5.56 Å². The van der Waals surface area contributed by atoms with Crippen LogP contribution < -0.4 is 15.8 Å². The van der Waals surface area contributed by atoms with Gasteiger partial charge in [0.1, 0.15) is 11.4 Å². The van der Waals surface area contributed by atoms with Crippen LogP contribution in [0, 0.1) is 10.1 Å². The van der Waals surface area contributed by atoms with Crippen LogP contribution >= 0.6 is 0 Å². The molecule has 1 fully saturated rings. The number of methoxy groups -OCH3 is 1. The molecule has 2 aromatic carbocycles. The fourth-order valence-corrected chi connectivity index (χ4v) is 3.38. The Morgan fingerprint density at radius 3 is 2.70 bits per heavy atom. The van der Waals surface area contributed by atoms with Gasteiger partial charge in [-0.15, -0.1) is 0 Å². The molecule has 1 saturated heterocycles. The summed E-state index contributed by atoms with van der Waals surface area (Å²) in [6.45, 7) is 1.39. The third-order valence-electron chi connectivity index (χ3n) is 4.71. The van der Waals surface area contributed by atoms with Crippen molar-refractivity contribution in [1.29, 1.82) is 0 Å². The normalized spacial score (nSPS) is 19.6. The third kappa shape index (κ3) is 4.42. The number of nitrogens with one attached hydrogen (secondary N) is 1. The number of nitro groups is 1. The fourth-order valence-electron chi connectivity index (χ4n) is 3.38. The molecule has 3 N–H and O–H groups in total. The maximum atomic E-state index is 12.4. The Morgan fingerprint density at radius 1 is 1.30 bits per heavy atom. The molecule has 1 aliphatic rings. The van der Waals surface area contributed by atoms with Crippen LogP contribution in [0.15, 0.2) is 48.5 Å². The molecule has 0 radical (unpaired) electrons. The molecule has 2 aromatic rings. The van der Waals surface area contributed by atoms with Crippen molar-refractivity contribution in [1.82, 2.24) is 4.90 Å². The zero-order chi connectivity index (χ0) is 19.4. The topological polar surface area (TPSA) is 111 Å². The molecule has 0 aromatic heterocycles. The predicted molar refractivity (Wildman–Crippen MR) is 102 cm³/mol. The zero-order valence-corrected chi connectivity index (χ0v) is 15.0. The van der Waals surface area contributed by atoms with Crippen molar-refractivity contribution in [2.24, 2.45) is 5.73 Å². The van der Waals surface area contributed by atoms with Gasteiger partial charge in [0.05, 0.1) is 24.6 Å². The Bertz CT molecular complexity index is 828. The molecule has 0 saturated carbocycles. The summed E-state index contributed by atoms with van der Waals surface area (Å²) >= 11 is 0. The molecule has 142 valence electrons. The second-order valence-electron chi connectivity index (χ2n) is 6.56. The summed E-state index contributed by atoms with van der Waals surface area (Å²) in [5, 5.41) is 13.9. The zero-order valence-electron chi connectivity index (χ0n) is 15.0. The van der Waals surface area contributed by atoms with Gasteiger partial charge in [-0.05, 0) is 17.7 Å². The average Bonchev–Trinajstić information content (AvgIpc) is 3.02. The van der Waals surface area contributed by atoms with Crippen LogP contribution in [0.1, 0.15) is 11.5 Å². The second-order valence-corrected chi connectivity index (χ2v) is 6.56. The summed E-state index contributed by atoms with van der Waals surface area (Å²) in [4.78, 5) is 25.0. The number of nitrogens with two attached hydrogens (primary N) is 1. The Kier molecular flexibility index (Phi) is 5.68. The van der Waals surface area contributed by atoms with Crippen LogP contribution in [0.2, 0.25) is 0 Å². The van der Waals surface area contributed by atoms with Crippen LogP contribution in [0.5, 0.6) is 5.75 Å². The summed E-state index contributed by atoms with van der Waals surface area (Å²) in [6, 6.07) is 14.2. The number of anilines is 1. The summed E-state index contributed by atoms with van der Waals surface area (Å²) < 4.78 is 5.00. The van der Waals surface area contributed by atoms with Crippen molar-refractivity contribution >= 4 is 17.3 Å². The van der Waals surface area contributed by atoms with E-state index in [9.17, 15) is 14.9 Å². The highest BCUT2D eigenvalue weighted by Crippen LogP contribution is 2.29. The first kappa shape index (κ1) is 18.8. The molecule has 2 atom stereocenters. The van der Waals surface area contributed by atoms with Crippen molar-refractivity contribution in [2.45, 2.75) is 12.0 Å². The predicted octanol–water partition coefficient (Wildman–Crippen LogP) is 1.97. The van der Waals surface area contributed by atoms with E-state index in [1.165, 1.54) is 19.2 Å². The maximum Gasteiger partial charge on any atom is 0.296 e. The highest BCUT2D eigenvalue weighted by atomic mass is 16.6. The number of likely N-dealkylation sites (tertiary alicyclic amines) is 1. The number of benzene rings is 2. The van der Waals surface area contributed by atoms with Gasteiger partial charge >= 0.3 is 0 Å². The lowest BCUT2D eigenvalue weighted by molar-refractivity contribution is -0.384. The van der Waals surface area contributed by atoms with Gasteiger partial charge in [-0.25, -0.2) is 0 Å². The quantitative estimate of drug-likeness (QED) is 0.594. The first-order chi connectivity index (χ1) is 13.0. The number of amides is 1. The lowest BCUT2D eigenvalue weighted by Gasteiger charge is -2.16.